The van der Waals surface area contributed by atoms with Crippen molar-refractivity contribution in [1.29, 1.82) is 0 Å². The Labute approximate surface area is 274 Å². The number of fused-ring (bicyclic) bond motifs is 1. The minimum Gasteiger partial charge on any atom is -0.494 e. The molecule has 0 bridgehead atoms. The summed E-state index contributed by atoms with van der Waals surface area (Å²) in [7, 11) is 1.24. The Bertz CT molecular complexity index is 1550. The van der Waals surface area contributed by atoms with Crippen LogP contribution in [0.25, 0.3) is 0 Å². The molecule has 3 aromatic carbocycles. The standard InChI is InChI=1S/C35H40ClN3O7/c1-21-30(31(27-9-7-8-10-28(27)37-21)39(22(2)40)25-15-13-24(36)14-16-25)32(41)23-11-17-26(18-12-23)45-20-19-29(33(42)44-6)38-34(43)46-35(3,4)5/h7-18,21,29-31,37H,19-20H2,1-6H3,(H,38,43)/t21-,29?,30?,31-/m0/s1. The van der Waals surface area contributed by atoms with Gasteiger partial charge in [0.25, 0.3) is 0 Å². The molecule has 0 fully saturated rings. The highest BCUT2D eigenvalue weighted by molar-refractivity contribution is 6.30. The molecule has 0 saturated heterocycles. The first kappa shape index (κ1) is 34.3. The zero-order chi connectivity index (χ0) is 33.6. The summed E-state index contributed by atoms with van der Waals surface area (Å²) in [5.41, 5.74) is 2.06. The third-order valence-electron chi connectivity index (χ3n) is 7.56. The molecular weight excluding hydrogens is 610 g/mol. The van der Waals surface area contributed by atoms with Crippen molar-refractivity contribution in [1.82, 2.24) is 5.32 Å². The maximum Gasteiger partial charge on any atom is 0.408 e. The molecule has 1 heterocycles. The predicted octanol–water partition coefficient (Wildman–Crippen LogP) is 6.58. The zero-order valence-electron chi connectivity index (χ0n) is 26.8. The quantitative estimate of drug-likeness (QED) is 0.186. The Morgan fingerprint density at radius 1 is 0.978 bits per heavy atom. The third-order valence-corrected chi connectivity index (χ3v) is 7.81. The van der Waals surface area contributed by atoms with Gasteiger partial charge in [0.2, 0.25) is 5.91 Å². The number of nitrogens with one attached hydrogen (secondary N) is 2. The number of hydrogen-bond acceptors (Lipinski definition) is 8. The van der Waals surface area contributed by atoms with E-state index in [1.54, 1.807) is 74.2 Å². The molecular formula is C35H40ClN3O7. The van der Waals surface area contributed by atoms with Crippen molar-refractivity contribution >= 4 is 46.7 Å². The fourth-order valence-corrected chi connectivity index (χ4v) is 5.67. The van der Waals surface area contributed by atoms with Crippen LogP contribution in [0.15, 0.2) is 72.8 Å². The van der Waals surface area contributed by atoms with Crippen molar-refractivity contribution in [2.24, 2.45) is 5.92 Å². The molecule has 10 nitrogen and oxygen atoms in total. The van der Waals surface area contributed by atoms with Crippen LogP contribution in [-0.4, -0.2) is 55.2 Å². The largest absolute Gasteiger partial charge is 0.494 e. The number of rotatable bonds is 10. The lowest BCUT2D eigenvalue weighted by Crippen LogP contribution is -2.49. The van der Waals surface area contributed by atoms with Crippen LogP contribution in [0.3, 0.4) is 0 Å². The van der Waals surface area contributed by atoms with Crippen LogP contribution in [0.5, 0.6) is 5.75 Å². The first-order valence-corrected chi connectivity index (χ1v) is 15.4. The number of halogens is 1. The van der Waals surface area contributed by atoms with Gasteiger partial charge in [0, 0.05) is 41.3 Å². The normalized spacial score (nSPS) is 17.8. The number of carbonyl (C=O) groups is 4. The highest BCUT2D eigenvalue weighted by Crippen LogP contribution is 2.44. The number of amides is 2. The number of ether oxygens (including phenoxy) is 3. The van der Waals surface area contributed by atoms with E-state index in [4.69, 9.17) is 25.8 Å². The number of para-hydroxylation sites is 1. The summed E-state index contributed by atoms with van der Waals surface area (Å²) in [6.07, 6.45) is -0.609. The lowest BCUT2D eigenvalue weighted by Gasteiger charge is -2.43. The number of anilines is 2. The number of alkyl carbamates (subject to hydrolysis) is 1. The molecule has 3 aromatic rings. The smallest absolute Gasteiger partial charge is 0.408 e. The summed E-state index contributed by atoms with van der Waals surface area (Å²) in [5, 5.41) is 6.51. The topological polar surface area (TPSA) is 123 Å². The van der Waals surface area contributed by atoms with Gasteiger partial charge in [0.1, 0.15) is 17.4 Å². The molecule has 0 aliphatic carbocycles. The van der Waals surface area contributed by atoms with Crippen LogP contribution in [0.4, 0.5) is 16.2 Å². The summed E-state index contributed by atoms with van der Waals surface area (Å²) in [5.74, 6) is -1.12. The second kappa shape index (κ2) is 14.7. The number of nitrogens with zero attached hydrogens (tertiary/aromatic N) is 1. The molecule has 4 rings (SSSR count). The van der Waals surface area contributed by atoms with E-state index in [1.165, 1.54) is 14.0 Å². The van der Waals surface area contributed by atoms with Crippen molar-refractivity contribution in [2.75, 3.05) is 23.9 Å². The molecule has 11 heteroatoms. The lowest BCUT2D eigenvalue weighted by molar-refractivity contribution is -0.143. The molecule has 2 unspecified atom stereocenters. The number of methoxy groups -OCH3 is 1. The van der Waals surface area contributed by atoms with E-state index in [1.807, 2.05) is 31.2 Å². The molecule has 4 atom stereocenters. The highest BCUT2D eigenvalue weighted by atomic mass is 35.5. The minimum atomic E-state index is -0.967. The number of Topliss-reactive ketones (excluding diaryl/α,β-unsaturated/α-hetero) is 1. The monoisotopic (exact) mass is 649 g/mol. The lowest BCUT2D eigenvalue weighted by atomic mass is 9.77. The van der Waals surface area contributed by atoms with E-state index in [0.29, 0.717) is 22.0 Å². The van der Waals surface area contributed by atoms with Gasteiger partial charge in [-0.1, -0.05) is 29.8 Å². The van der Waals surface area contributed by atoms with E-state index in [2.05, 4.69) is 10.6 Å². The molecule has 0 spiro atoms. The Morgan fingerprint density at radius 3 is 2.24 bits per heavy atom. The molecule has 2 amide bonds. The average molecular weight is 650 g/mol. The van der Waals surface area contributed by atoms with Crippen LogP contribution in [0, 0.1) is 5.92 Å². The molecule has 0 saturated carbocycles. The van der Waals surface area contributed by atoms with Crippen LogP contribution in [0.1, 0.15) is 63.0 Å². The Kier molecular flexibility index (Phi) is 11.0. The zero-order valence-corrected chi connectivity index (χ0v) is 27.6. The van der Waals surface area contributed by atoms with Gasteiger partial charge in [0.05, 0.1) is 25.7 Å². The van der Waals surface area contributed by atoms with Gasteiger partial charge >= 0.3 is 12.1 Å². The van der Waals surface area contributed by atoms with Crippen molar-refractivity contribution < 1.29 is 33.4 Å². The van der Waals surface area contributed by atoms with Crippen LogP contribution in [0.2, 0.25) is 5.02 Å². The fourth-order valence-electron chi connectivity index (χ4n) is 5.54. The highest BCUT2D eigenvalue weighted by Gasteiger charge is 2.44. The molecule has 46 heavy (non-hydrogen) atoms. The SMILES string of the molecule is COC(=O)C(CCOc1ccc(C(=O)C2[C@H](C)Nc3ccccc3[C@@H]2N(C(C)=O)c2ccc(Cl)cc2)cc1)NC(=O)OC(C)(C)C. The van der Waals surface area contributed by atoms with Crippen LogP contribution < -0.4 is 20.3 Å². The van der Waals surface area contributed by atoms with Crippen molar-refractivity contribution in [3.05, 3.63) is 88.9 Å². The van der Waals surface area contributed by atoms with E-state index >= 15 is 0 Å². The molecule has 244 valence electrons. The van der Waals surface area contributed by atoms with Crippen molar-refractivity contribution in [3.8, 4) is 5.75 Å². The maximum absolute atomic E-state index is 14.2. The minimum absolute atomic E-state index is 0.0833. The van der Waals surface area contributed by atoms with Gasteiger partial charge in [-0.2, -0.15) is 0 Å². The average Bonchev–Trinajstić information content (AvgIpc) is 3.00. The number of benzene rings is 3. The summed E-state index contributed by atoms with van der Waals surface area (Å²) in [6, 6.07) is 19.5. The van der Waals surface area contributed by atoms with E-state index in [-0.39, 0.29) is 30.8 Å². The third kappa shape index (κ3) is 8.37. The molecule has 1 aliphatic rings. The Balaban J connectivity index is 1.53. The predicted molar refractivity (Wildman–Crippen MR) is 176 cm³/mol. The van der Waals surface area contributed by atoms with E-state index in [9.17, 15) is 19.2 Å². The fraction of sp³-hybridized carbons (Fsp3) is 0.371. The van der Waals surface area contributed by atoms with Crippen LogP contribution >= 0.6 is 11.6 Å². The molecule has 2 N–H and O–H groups in total. The van der Waals surface area contributed by atoms with E-state index < -0.39 is 35.7 Å². The Hall–Kier alpha value is -4.57. The number of ketones is 1. The Morgan fingerprint density at radius 2 is 1.63 bits per heavy atom. The first-order valence-electron chi connectivity index (χ1n) is 15.0. The van der Waals surface area contributed by atoms with Gasteiger partial charge in [-0.3, -0.25) is 9.59 Å². The van der Waals surface area contributed by atoms with Crippen molar-refractivity contribution in [3.63, 3.8) is 0 Å². The van der Waals surface area contributed by atoms with E-state index in [0.717, 1.165) is 11.3 Å². The second-order valence-electron chi connectivity index (χ2n) is 12.1. The molecule has 0 aromatic heterocycles. The van der Waals surface area contributed by atoms with Gasteiger partial charge < -0.3 is 29.7 Å². The van der Waals surface area contributed by atoms with Gasteiger partial charge in [-0.05, 0) is 87.9 Å². The summed E-state index contributed by atoms with van der Waals surface area (Å²) in [4.78, 5) is 53.5. The number of carbonyl (C=O) groups excluding carboxylic acids is 4. The van der Waals surface area contributed by atoms with Gasteiger partial charge in [-0.25, -0.2) is 9.59 Å². The van der Waals surface area contributed by atoms with Crippen LogP contribution in [-0.2, 0) is 19.1 Å². The molecule has 1 aliphatic heterocycles. The maximum atomic E-state index is 14.2. The number of hydrogen-bond donors (Lipinski definition) is 2. The summed E-state index contributed by atoms with van der Waals surface area (Å²) >= 11 is 6.15. The van der Waals surface area contributed by atoms with Crippen molar-refractivity contribution in [2.45, 2.75) is 64.8 Å². The first-order chi connectivity index (χ1) is 21.8. The van der Waals surface area contributed by atoms with Gasteiger partial charge in [0.15, 0.2) is 5.78 Å². The molecule has 0 radical (unpaired) electrons. The summed E-state index contributed by atoms with van der Waals surface area (Å²) < 4.78 is 15.9. The number of esters is 1. The summed E-state index contributed by atoms with van der Waals surface area (Å²) in [6.45, 7) is 8.68. The second-order valence-corrected chi connectivity index (χ2v) is 12.5. The van der Waals surface area contributed by atoms with Gasteiger partial charge in [-0.15, -0.1) is 0 Å².